The van der Waals surface area contributed by atoms with Crippen LogP contribution in [0.25, 0.3) is 22.8 Å². The van der Waals surface area contributed by atoms with E-state index in [2.05, 4.69) is 27.2 Å². The van der Waals surface area contributed by atoms with Gasteiger partial charge in [0.25, 0.3) is 0 Å². The minimum absolute atomic E-state index is 0.261. The van der Waals surface area contributed by atoms with E-state index in [0.29, 0.717) is 16.7 Å². The molecule has 6 heteroatoms. The van der Waals surface area contributed by atoms with Gasteiger partial charge in [-0.25, -0.2) is 4.98 Å². The fourth-order valence-electron chi connectivity index (χ4n) is 2.41. The first-order chi connectivity index (χ1) is 12.2. The summed E-state index contributed by atoms with van der Waals surface area (Å²) in [6.07, 6.45) is 0. The summed E-state index contributed by atoms with van der Waals surface area (Å²) < 4.78 is 5.26. The van der Waals surface area contributed by atoms with Crippen molar-refractivity contribution in [2.75, 3.05) is 13.7 Å². The van der Waals surface area contributed by atoms with E-state index in [1.54, 1.807) is 0 Å². The van der Waals surface area contributed by atoms with Crippen LogP contribution in [0.3, 0.4) is 0 Å². The normalized spacial score (nSPS) is 10.7. The summed E-state index contributed by atoms with van der Waals surface area (Å²) in [5.41, 5.74) is 2.77. The molecule has 0 spiro atoms. The number of nitrogens with zero attached hydrogens (tertiary/aromatic N) is 3. The maximum absolute atomic E-state index is 6.40. The highest BCUT2D eigenvalue weighted by Gasteiger charge is 2.13. The lowest BCUT2D eigenvalue weighted by molar-refractivity contribution is 0.379. The van der Waals surface area contributed by atoms with E-state index in [1.807, 2.05) is 48.5 Å². The number of ether oxygens (including phenoxy) is 1. The van der Waals surface area contributed by atoms with Crippen LogP contribution in [0.2, 0.25) is 5.02 Å². The van der Waals surface area contributed by atoms with E-state index in [4.69, 9.17) is 16.3 Å². The van der Waals surface area contributed by atoms with E-state index >= 15 is 0 Å². The highest BCUT2D eigenvalue weighted by molar-refractivity contribution is 6.33. The Balaban J connectivity index is 2.07. The maximum atomic E-state index is 6.40. The third-order valence-electron chi connectivity index (χ3n) is 3.68. The molecule has 2 aromatic carbocycles. The van der Waals surface area contributed by atoms with E-state index < -0.39 is 0 Å². The molecule has 0 aliphatic rings. The van der Waals surface area contributed by atoms with Gasteiger partial charge in [0, 0.05) is 17.7 Å². The monoisotopic (exact) mass is 354 g/mol. The lowest BCUT2D eigenvalue weighted by atomic mass is 10.1. The summed E-state index contributed by atoms with van der Waals surface area (Å²) in [5, 5.41) is 3.89. The first-order valence-corrected chi connectivity index (χ1v) is 8.44. The van der Waals surface area contributed by atoms with Crippen LogP contribution in [0.15, 0.2) is 48.5 Å². The van der Waals surface area contributed by atoms with Gasteiger partial charge < -0.3 is 10.1 Å². The van der Waals surface area contributed by atoms with Gasteiger partial charge in [-0.2, -0.15) is 9.97 Å². The van der Waals surface area contributed by atoms with Crippen LogP contribution < -0.4 is 10.1 Å². The van der Waals surface area contributed by atoms with Gasteiger partial charge in [-0.1, -0.05) is 54.9 Å². The van der Waals surface area contributed by atoms with Crippen molar-refractivity contribution < 1.29 is 4.74 Å². The third kappa shape index (κ3) is 4.13. The van der Waals surface area contributed by atoms with Crippen LogP contribution in [0.1, 0.15) is 12.5 Å². The summed E-state index contributed by atoms with van der Waals surface area (Å²) in [4.78, 5) is 13.3. The molecule has 5 nitrogen and oxygen atoms in total. The molecule has 0 amide bonds. The van der Waals surface area contributed by atoms with Gasteiger partial charge in [-0.05, 0) is 24.2 Å². The molecule has 3 aromatic rings. The summed E-state index contributed by atoms with van der Waals surface area (Å²) >= 11 is 6.40. The molecule has 1 N–H and O–H groups in total. The number of rotatable bonds is 6. The van der Waals surface area contributed by atoms with Crippen molar-refractivity contribution in [3.63, 3.8) is 0 Å². The topological polar surface area (TPSA) is 59.9 Å². The van der Waals surface area contributed by atoms with Gasteiger partial charge in [0.2, 0.25) is 0 Å². The lowest BCUT2D eigenvalue weighted by Crippen LogP contribution is -2.11. The standard InChI is InChI=1S/C19H19ClN4O/c1-3-21-12-13-9-10-16(20)15(11-13)18-22-17(23-19(24-18)25-2)14-7-5-4-6-8-14/h4-11,21H,3,12H2,1-2H3. The van der Waals surface area contributed by atoms with Crippen molar-refractivity contribution in [2.45, 2.75) is 13.5 Å². The fourth-order valence-corrected chi connectivity index (χ4v) is 2.61. The highest BCUT2D eigenvalue weighted by Crippen LogP contribution is 2.29. The van der Waals surface area contributed by atoms with Gasteiger partial charge in [-0.15, -0.1) is 0 Å². The predicted molar refractivity (Wildman–Crippen MR) is 99.6 cm³/mol. The van der Waals surface area contributed by atoms with Gasteiger partial charge in [-0.3, -0.25) is 0 Å². The Morgan fingerprint density at radius 2 is 1.76 bits per heavy atom. The number of benzene rings is 2. The van der Waals surface area contributed by atoms with Crippen LogP contribution in [0.5, 0.6) is 6.01 Å². The number of aromatic nitrogens is 3. The summed E-state index contributed by atoms with van der Waals surface area (Å²) in [6.45, 7) is 3.73. The molecule has 0 fully saturated rings. The molecule has 25 heavy (non-hydrogen) atoms. The second-order valence-electron chi connectivity index (χ2n) is 5.43. The number of hydrogen-bond acceptors (Lipinski definition) is 5. The molecular formula is C19H19ClN4O. The molecule has 0 atom stereocenters. The zero-order chi connectivity index (χ0) is 17.6. The van der Waals surface area contributed by atoms with Crippen LogP contribution in [-0.4, -0.2) is 28.6 Å². The molecular weight excluding hydrogens is 336 g/mol. The van der Waals surface area contributed by atoms with Crippen LogP contribution >= 0.6 is 11.6 Å². The first-order valence-electron chi connectivity index (χ1n) is 8.06. The number of methoxy groups -OCH3 is 1. The minimum atomic E-state index is 0.261. The average Bonchev–Trinajstić information content (AvgIpc) is 2.67. The lowest BCUT2D eigenvalue weighted by Gasteiger charge is -2.10. The van der Waals surface area contributed by atoms with Crippen molar-refractivity contribution >= 4 is 11.6 Å². The Labute approximate surface area is 152 Å². The molecule has 1 heterocycles. The zero-order valence-corrected chi connectivity index (χ0v) is 14.9. The minimum Gasteiger partial charge on any atom is -0.467 e. The van der Waals surface area contributed by atoms with E-state index in [0.717, 1.165) is 29.8 Å². The van der Waals surface area contributed by atoms with Crippen molar-refractivity contribution in [3.8, 4) is 28.8 Å². The quantitative estimate of drug-likeness (QED) is 0.725. The van der Waals surface area contributed by atoms with Crippen molar-refractivity contribution in [3.05, 3.63) is 59.1 Å². The van der Waals surface area contributed by atoms with Crippen molar-refractivity contribution in [1.82, 2.24) is 20.3 Å². The van der Waals surface area contributed by atoms with Crippen LogP contribution in [-0.2, 0) is 6.54 Å². The number of nitrogens with one attached hydrogen (secondary N) is 1. The Bertz CT molecular complexity index is 855. The smallest absolute Gasteiger partial charge is 0.320 e. The van der Waals surface area contributed by atoms with Crippen molar-refractivity contribution in [2.24, 2.45) is 0 Å². The van der Waals surface area contributed by atoms with Crippen LogP contribution in [0.4, 0.5) is 0 Å². The molecule has 0 radical (unpaired) electrons. The molecule has 128 valence electrons. The summed E-state index contributed by atoms with van der Waals surface area (Å²) in [5.74, 6) is 1.05. The van der Waals surface area contributed by atoms with Gasteiger partial charge in [0.1, 0.15) is 0 Å². The highest BCUT2D eigenvalue weighted by atomic mass is 35.5. The second kappa shape index (κ2) is 8.05. The summed E-state index contributed by atoms with van der Waals surface area (Å²) in [7, 11) is 1.54. The maximum Gasteiger partial charge on any atom is 0.320 e. The van der Waals surface area contributed by atoms with Gasteiger partial charge in [0.15, 0.2) is 11.6 Å². The average molecular weight is 355 g/mol. The largest absolute Gasteiger partial charge is 0.467 e. The molecule has 0 saturated heterocycles. The Hall–Kier alpha value is -2.50. The molecule has 0 aliphatic heterocycles. The zero-order valence-electron chi connectivity index (χ0n) is 14.2. The molecule has 0 saturated carbocycles. The van der Waals surface area contributed by atoms with Gasteiger partial charge in [0.05, 0.1) is 12.1 Å². The number of hydrogen-bond donors (Lipinski definition) is 1. The van der Waals surface area contributed by atoms with Crippen LogP contribution in [0, 0.1) is 0 Å². The molecule has 0 unspecified atom stereocenters. The van der Waals surface area contributed by atoms with E-state index in [9.17, 15) is 0 Å². The Morgan fingerprint density at radius 3 is 2.48 bits per heavy atom. The molecule has 1 aromatic heterocycles. The predicted octanol–water partition coefficient (Wildman–Crippen LogP) is 3.98. The number of halogens is 1. The van der Waals surface area contributed by atoms with Crippen molar-refractivity contribution in [1.29, 1.82) is 0 Å². The fraction of sp³-hybridized carbons (Fsp3) is 0.211. The SMILES string of the molecule is CCNCc1ccc(Cl)c(-c2nc(OC)nc(-c3ccccc3)n2)c1. The summed E-state index contributed by atoms with van der Waals surface area (Å²) in [6, 6.07) is 15.8. The molecule has 0 bridgehead atoms. The Kier molecular flexibility index (Phi) is 5.58. The second-order valence-corrected chi connectivity index (χ2v) is 5.84. The first kappa shape index (κ1) is 17.3. The van der Waals surface area contributed by atoms with E-state index in [1.165, 1.54) is 7.11 Å². The Morgan fingerprint density at radius 1 is 1.00 bits per heavy atom. The molecule has 0 aliphatic carbocycles. The van der Waals surface area contributed by atoms with E-state index in [-0.39, 0.29) is 6.01 Å². The molecule has 3 rings (SSSR count). The van der Waals surface area contributed by atoms with Gasteiger partial charge >= 0.3 is 6.01 Å². The third-order valence-corrected chi connectivity index (χ3v) is 4.01.